The third-order valence-corrected chi connectivity index (χ3v) is 1.04. The second-order valence-electron chi connectivity index (χ2n) is 1.88. The standard InChI is InChI=1S/C5H7N5O/c6-4(7)3-5(8)9-1-2(11)10-3/h1H,(H3,6,7)(H2,8,9)(H,10,11). The van der Waals surface area contributed by atoms with Crippen LogP contribution in [0.4, 0.5) is 5.82 Å². The number of nitrogens with zero attached hydrogens (tertiary/aromatic N) is 2. The lowest BCUT2D eigenvalue weighted by atomic mass is 10.4. The molecule has 1 heterocycles. The molecule has 0 amide bonds. The molecule has 0 radical (unpaired) electrons. The third-order valence-electron chi connectivity index (χ3n) is 1.04. The van der Waals surface area contributed by atoms with Gasteiger partial charge in [-0.1, -0.05) is 0 Å². The lowest BCUT2D eigenvalue weighted by Gasteiger charge is -2.00. The van der Waals surface area contributed by atoms with E-state index in [2.05, 4.69) is 9.97 Å². The zero-order valence-electron chi connectivity index (χ0n) is 5.57. The van der Waals surface area contributed by atoms with E-state index in [4.69, 9.17) is 22.0 Å². The summed E-state index contributed by atoms with van der Waals surface area (Å²) in [6.45, 7) is 0. The molecular formula is C5H7N5O. The van der Waals surface area contributed by atoms with E-state index < -0.39 is 0 Å². The number of hydrogen-bond donors (Lipinski definition) is 4. The highest BCUT2D eigenvalue weighted by Gasteiger charge is 2.05. The predicted octanol–water partition coefficient (Wildman–Crippen LogP) is -0.952. The molecule has 0 aromatic carbocycles. The Bertz CT molecular complexity index is 297. The van der Waals surface area contributed by atoms with Gasteiger partial charge in [0, 0.05) is 0 Å². The van der Waals surface area contributed by atoms with Crippen LogP contribution in [0.5, 0.6) is 5.88 Å². The van der Waals surface area contributed by atoms with Crippen LogP contribution in [-0.4, -0.2) is 20.9 Å². The van der Waals surface area contributed by atoms with E-state index in [1.165, 1.54) is 0 Å². The summed E-state index contributed by atoms with van der Waals surface area (Å²) in [5.74, 6) is -0.578. The minimum Gasteiger partial charge on any atom is -0.492 e. The zero-order chi connectivity index (χ0) is 8.43. The van der Waals surface area contributed by atoms with Gasteiger partial charge in [-0.2, -0.15) is 0 Å². The predicted molar refractivity (Wildman–Crippen MR) is 39.1 cm³/mol. The maximum atomic E-state index is 8.80. The number of aromatic hydroxyl groups is 1. The lowest BCUT2D eigenvalue weighted by Crippen LogP contribution is -2.16. The van der Waals surface area contributed by atoms with Gasteiger partial charge in [0.05, 0.1) is 6.20 Å². The van der Waals surface area contributed by atoms with E-state index in [0.717, 1.165) is 6.20 Å². The van der Waals surface area contributed by atoms with E-state index >= 15 is 0 Å². The Kier molecular flexibility index (Phi) is 1.59. The Morgan fingerprint density at radius 1 is 1.64 bits per heavy atom. The van der Waals surface area contributed by atoms with Crippen molar-refractivity contribution in [3.05, 3.63) is 11.9 Å². The van der Waals surface area contributed by atoms with Crippen molar-refractivity contribution < 1.29 is 5.11 Å². The summed E-state index contributed by atoms with van der Waals surface area (Å²) in [5, 5.41) is 15.8. The molecule has 1 rings (SSSR count). The van der Waals surface area contributed by atoms with Gasteiger partial charge in [-0.3, -0.25) is 5.41 Å². The molecule has 11 heavy (non-hydrogen) atoms. The van der Waals surface area contributed by atoms with E-state index in [-0.39, 0.29) is 23.2 Å². The average molecular weight is 153 g/mol. The van der Waals surface area contributed by atoms with Crippen molar-refractivity contribution in [2.24, 2.45) is 5.73 Å². The van der Waals surface area contributed by atoms with Crippen molar-refractivity contribution in [1.82, 2.24) is 9.97 Å². The van der Waals surface area contributed by atoms with Crippen LogP contribution >= 0.6 is 0 Å². The summed E-state index contributed by atoms with van der Waals surface area (Å²) in [7, 11) is 0. The van der Waals surface area contributed by atoms with Crippen LogP contribution in [0.1, 0.15) is 5.69 Å². The SMILES string of the molecule is N=C(N)c1nc(O)cnc1N. The first-order valence-electron chi connectivity index (χ1n) is 2.77. The van der Waals surface area contributed by atoms with Gasteiger partial charge in [0.1, 0.15) is 5.84 Å². The topological polar surface area (TPSA) is 122 Å². The first kappa shape index (κ1) is 7.26. The Labute approximate surface area is 62.4 Å². The Morgan fingerprint density at radius 2 is 2.27 bits per heavy atom. The Balaban J connectivity index is 3.23. The monoisotopic (exact) mass is 153 g/mol. The van der Waals surface area contributed by atoms with Crippen molar-refractivity contribution in [2.45, 2.75) is 0 Å². The summed E-state index contributed by atoms with van der Waals surface area (Å²) in [5.41, 5.74) is 10.4. The minimum absolute atomic E-state index is 0.00463. The quantitative estimate of drug-likeness (QED) is 0.306. The molecule has 6 heteroatoms. The fourth-order valence-electron chi connectivity index (χ4n) is 0.587. The van der Waals surface area contributed by atoms with Crippen LogP contribution in [0.3, 0.4) is 0 Å². The molecule has 0 aliphatic rings. The zero-order valence-corrected chi connectivity index (χ0v) is 5.57. The second-order valence-corrected chi connectivity index (χ2v) is 1.88. The fraction of sp³-hybridized carbons (Fsp3) is 0. The van der Waals surface area contributed by atoms with Gasteiger partial charge in [-0.25, -0.2) is 9.97 Å². The third kappa shape index (κ3) is 1.34. The largest absolute Gasteiger partial charge is 0.492 e. The normalized spacial score (nSPS) is 9.45. The van der Waals surface area contributed by atoms with Crippen molar-refractivity contribution >= 4 is 11.7 Å². The van der Waals surface area contributed by atoms with E-state index in [1.807, 2.05) is 0 Å². The number of nitrogens with two attached hydrogens (primary N) is 2. The smallest absolute Gasteiger partial charge is 0.230 e. The van der Waals surface area contributed by atoms with Crippen LogP contribution in [0.15, 0.2) is 6.20 Å². The molecule has 0 atom stereocenters. The van der Waals surface area contributed by atoms with Crippen LogP contribution < -0.4 is 11.5 Å². The molecule has 0 saturated heterocycles. The number of nitrogens with one attached hydrogen (secondary N) is 1. The molecular weight excluding hydrogens is 146 g/mol. The number of hydrogen-bond acceptors (Lipinski definition) is 5. The second kappa shape index (κ2) is 2.41. The molecule has 0 fully saturated rings. The summed E-state index contributed by atoms with van der Waals surface area (Å²) < 4.78 is 0. The van der Waals surface area contributed by atoms with Crippen LogP contribution in [0.25, 0.3) is 0 Å². The van der Waals surface area contributed by atoms with Crippen LogP contribution in [0, 0.1) is 5.41 Å². The maximum Gasteiger partial charge on any atom is 0.230 e. The van der Waals surface area contributed by atoms with Gasteiger partial charge in [-0.15, -0.1) is 0 Å². The summed E-state index contributed by atoms with van der Waals surface area (Å²) in [6, 6.07) is 0. The van der Waals surface area contributed by atoms with E-state index in [1.54, 1.807) is 0 Å². The molecule has 6 nitrogen and oxygen atoms in total. The minimum atomic E-state index is -0.314. The van der Waals surface area contributed by atoms with Crippen LogP contribution in [-0.2, 0) is 0 Å². The van der Waals surface area contributed by atoms with Crippen molar-refractivity contribution in [3.8, 4) is 5.88 Å². The van der Waals surface area contributed by atoms with Crippen molar-refractivity contribution in [2.75, 3.05) is 5.73 Å². The summed E-state index contributed by atoms with van der Waals surface area (Å²) in [6.07, 6.45) is 1.09. The maximum absolute atomic E-state index is 8.80. The van der Waals surface area contributed by atoms with Crippen molar-refractivity contribution in [1.29, 1.82) is 5.41 Å². The van der Waals surface area contributed by atoms with Gasteiger partial charge >= 0.3 is 0 Å². The van der Waals surface area contributed by atoms with E-state index in [0.29, 0.717) is 0 Å². The molecule has 0 unspecified atom stereocenters. The van der Waals surface area contributed by atoms with Gasteiger partial charge in [0.25, 0.3) is 0 Å². The lowest BCUT2D eigenvalue weighted by molar-refractivity contribution is 0.450. The molecule has 58 valence electrons. The first-order chi connectivity index (χ1) is 5.11. The number of rotatable bonds is 1. The van der Waals surface area contributed by atoms with Gasteiger partial charge < -0.3 is 16.6 Å². The highest BCUT2D eigenvalue weighted by molar-refractivity contribution is 5.97. The molecule has 1 aromatic heterocycles. The van der Waals surface area contributed by atoms with Crippen molar-refractivity contribution in [3.63, 3.8) is 0 Å². The van der Waals surface area contributed by atoms with Gasteiger partial charge in [0.15, 0.2) is 11.5 Å². The molecule has 1 aromatic rings. The van der Waals surface area contributed by atoms with Crippen LogP contribution in [0.2, 0.25) is 0 Å². The average Bonchev–Trinajstić information content (AvgIpc) is 1.94. The number of nitrogen functional groups attached to an aromatic ring is 2. The molecule has 0 aliphatic carbocycles. The van der Waals surface area contributed by atoms with Gasteiger partial charge in [-0.05, 0) is 0 Å². The highest BCUT2D eigenvalue weighted by atomic mass is 16.3. The Morgan fingerprint density at radius 3 is 2.73 bits per heavy atom. The Hall–Kier alpha value is -1.85. The number of anilines is 1. The number of amidine groups is 1. The molecule has 0 spiro atoms. The highest BCUT2D eigenvalue weighted by Crippen LogP contribution is 2.08. The summed E-state index contributed by atoms with van der Waals surface area (Å²) in [4.78, 5) is 7.04. The van der Waals surface area contributed by atoms with Gasteiger partial charge in [0.2, 0.25) is 5.88 Å². The molecule has 6 N–H and O–H groups in total. The molecule has 0 aliphatic heterocycles. The van der Waals surface area contributed by atoms with E-state index in [9.17, 15) is 0 Å². The summed E-state index contributed by atoms with van der Waals surface area (Å²) >= 11 is 0. The molecule has 0 saturated carbocycles. The first-order valence-corrected chi connectivity index (χ1v) is 2.77. The number of aromatic nitrogens is 2. The fourth-order valence-corrected chi connectivity index (χ4v) is 0.587. The molecule has 0 bridgehead atoms.